The molecule has 1 atom stereocenters. The van der Waals surface area contributed by atoms with E-state index in [4.69, 9.17) is 17.3 Å². The number of nitrogens with one attached hydrogen (secondary N) is 2. The monoisotopic (exact) mass is 517 g/mol. The van der Waals surface area contributed by atoms with E-state index in [1.165, 1.54) is 22.2 Å². The Hall–Kier alpha value is -3.48. The molecule has 3 heterocycles. The van der Waals surface area contributed by atoms with Crippen molar-refractivity contribution in [2.24, 2.45) is 0 Å². The number of halogens is 1. The van der Waals surface area contributed by atoms with Crippen LogP contribution in [0.1, 0.15) is 35.9 Å². The van der Waals surface area contributed by atoms with E-state index in [1.54, 1.807) is 43.5 Å². The highest BCUT2D eigenvalue weighted by Gasteiger charge is 2.23. The molecule has 0 fully saturated rings. The fourth-order valence-electron chi connectivity index (χ4n) is 3.85. The Morgan fingerprint density at radius 2 is 2.06 bits per heavy atom. The number of nitrogen functional groups attached to an aromatic ring is 1. The Kier molecular flexibility index (Phi) is 6.79. The molecule has 0 aliphatic rings. The first-order valence-corrected chi connectivity index (χ1v) is 12.8. The predicted octanol–water partition coefficient (Wildman–Crippen LogP) is 1.71. The number of pyridine rings is 1. The van der Waals surface area contributed by atoms with Crippen LogP contribution in [0.3, 0.4) is 0 Å². The van der Waals surface area contributed by atoms with Gasteiger partial charge in [-0.05, 0) is 37.4 Å². The zero-order valence-corrected chi connectivity index (χ0v) is 20.6. The van der Waals surface area contributed by atoms with Gasteiger partial charge in [-0.15, -0.1) is 5.10 Å². The normalized spacial score (nSPS) is 12.8. The summed E-state index contributed by atoms with van der Waals surface area (Å²) in [6, 6.07) is 7.84. The summed E-state index contributed by atoms with van der Waals surface area (Å²) in [5.74, 6) is -0.578. The third kappa shape index (κ3) is 4.85. The Balaban J connectivity index is 1.72. The van der Waals surface area contributed by atoms with Crippen molar-refractivity contribution < 1.29 is 13.2 Å². The largest absolute Gasteiger partial charge is 0.381 e. The van der Waals surface area contributed by atoms with Crippen molar-refractivity contribution in [3.05, 3.63) is 69.4 Å². The Bertz CT molecular complexity index is 1600. The molecule has 0 bridgehead atoms. The fraction of sp³-hybridized carbons (Fsp3) is 0.273. The smallest absolute Gasteiger partial charge is 0.260 e. The molecule has 35 heavy (non-hydrogen) atoms. The number of nitrogens with zero attached hydrogens (tertiary/aromatic N) is 4. The molecule has 1 amide bonds. The van der Waals surface area contributed by atoms with Gasteiger partial charge >= 0.3 is 0 Å². The average Bonchev–Trinajstić information content (AvgIpc) is 3.15. The molecule has 0 saturated carbocycles. The van der Waals surface area contributed by atoms with Crippen molar-refractivity contribution in [3.63, 3.8) is 0 Å². The Morgan fingerprint density at radius 1 is 1.29 bits per heavy atom. The van der Waals surface area contributed by atoms with Gasteiger partial charge in [-0.2, -0.15) is 0 Å². The molecule has 11 nitrogen and oxygen atoms in total. The first-order chi connectivity index (χ1) is 16.6. The molecular formula is C22H24ClN7O4S. The van der Waals surface area contributed by atoms with E-state index in [0.717, 1.165) is 0 Å². The van der Waals surface area contributed by atoms with Crippen LogP contribution >= 0.6 is 11.6 Å². The number of carbonyl (C=O) groups is 1. The van der Waals surface area contributed by atoms with Crippen molar-refractivity contribution in [2.75, 3.05) is 18.0 Å². The number of amides is 1. The average molecular weight is 518 g/mol. The number of rotatable bonds is 8. The van der Waals surface area contributed by atoms with Gasteiger partial charge in [0.25, 0.3) is 11.5 Å². The molecule has 13 heteroatoms. The van der Waals surface area contributed by atoms with E-state index < -0.39 is 27.5 Å². The lowest BCUT2D eigenvalue weighted by atomic mass is 10.1. The van der Waals surface area contributed by atoms with Crippen LogP contribution in [0.15, 0.2) is 47.5 Å². The zero-order chi connectivity index (χ0) is 25.3. The Labute approximate surface area is 206 Å². The van der Waals surface area contributed by atoms with Gasteiger partial charge in [0.05, 0.1) is 22.2 Å². The number of aromatic nitrogens is 4. The zero-order valence-electron chi connectivity index (χ0n) is 19.0. The maximum atomic E-state index is 13.4. The summed E-state index contributed by atoms with van der Waals surface area (Å²) in [4.78, 5) is 30.7. The summed E-state index contributed by atoms with van der Waals surface area (Å²) >= 11 is 6.30. The number of sulfonamides is 1. The number of carbonyl (C=O) groups excluding carboxylic acids is 1. The number of anilines is 1. The van der Waals surface area contributed by atoms with Gasteiger partial charge in [0.2, 0.25) is 10.0 Å². The number of fused-ring (bicyclic) bond motifs is 2. The molecule has 0 spiro atoms. The van der Waals surface area contributed by atoms with E-state index >= 15 is 0 Å². The molecule has 0 saturated heterocycles. The van der Waals surface area contributed by atoms with Crippen molar-refractivity contribution in [3.8, 4) is 0 Å². The van der Waals surface area contributed by atoms with Crippen LogP contribution in [-0.2, 0) is 16.6 Å². The van der Waals surface area contributed by atoms with E-state index in [1.807, 2.05) is 0 Å². The molecule has 4 aromatic rings. The summed E-state index contributed by atoms with van der Waals surface area (Å²) in [6.07, 6.45) is 3.15. The van der Waals surface area contributed by atoms with Crippen LogP contribution in [0.5, 0.6) is 0 Å². The quantitative estimate of drug-likeness (QED) is 0.321. The SMILES string of the molecule is CCS(=O)(=O)NCCn1c(C(C)NC(=O)c2c(N)nn3cccnc23)cc2cccc(Cl)c2c1=O. The molecule has 0 radical (unpaired) electrons. The summed E-state index contributed by atoms with van der Waals surface area (Å²) < 4.78 is 29.0. The third-order valence-electron chi connectivity index (χ3n) is 5.60. The van der Waals surface area contributed by atoms with Gasteiger partial charge in [-0.1, -0.05) is 23.7 Å². The van der Waals surface area contributed by atoms with Crippen LogP contribution in [0, 0.1) is 0 Å². The maximum Gasteiger partial charge on any atom is 0.260 e. The molecule has 0 aliphatic carbocycles. The Morgan fingerprint density at radius 3 is 2.80 bits per heavy atom. The van der Waals surface area contributed by atoms with Crippen LogP contribution in [-0.4, -0.2) is 45.8 Å². The molecule has 1 aromatic carbocycles. The molecule has 3 aromatic heterocycles. The van der Waals surface area contributed by atoms with Crippen LogP contribution in [0.25, 0.3) is 16.4 Å². The highest BCUT2D eigenvalue weighted by atomic mass is 35.5. The lowest BCUT2D eigenvalue weighted by Gasteiger charge is -2.21. The lowest BCUT2D eigenvalue weighted by molar-refractivity contribution is 0.0940. The topological polar surface area (TPSA) is 153 Å². The molecular weight excluding hydrogens is 494 g/mol. The van der Waals surface area contributed by atoms with Gasteiger partial charge in [-0.25, -0.2) is 22.6 Å². The molecule has 4 rings (SSSR count). The van der Waals surface area contributed by atoms with E-state index in [-0.39, 0.29) is 35.2 Å². The third-order valence-corrected chi connectivity index (χ3v) is 7.32. The van der Waals surface area contributed by atoms with Gasteiger partial charge in [0.1, 0.15) is 5.56 Å². The predicted molar refractivity (Wildman–Crippen MR) is 134 cm³/mol. The molecule has 184 valence electrons. The second-order valence-corrected chi connectivity index (χ2v) is 10.4. The number of benzene rings is 1. The minimum absolute atomic E-state index is 0.00930. The van der Waals surface area contributed by atoms with Crippen molar-refractivity contribution in [1.82, 2.24) is 29.2 Å². The summed E-state index contributed by atoms with van der Waals surface area (Å²) in [5.41, 5.74) is 6.46. The minimum Gasteiger partial charge on any atom is -0.381 e. The lowest BCUT2D eigenvalue weighted by Crippen LogP contribution is -2.36. The van der Waals surface area contributed by atoms with Crippen LogP contribution in [0.2, 0.25) is 5.02 Å². The maximum absolute atomic E-state index is 13.4. The van der Waals surface area contributed by atoms with E-state index in [0.29, 0.717) is 22.1 Å². The highest BCUT2D eigenvalue weighted by molar-refractivity contribution is 7.89. The molecule has 1 unspecified atom stereocenters. The second kappa shape index (κ2) is 9.64. The number of hydrogen-bond acceptors (Lipinski definition) is 7. The number of nitrogens with two attached hydrogens (primary N) is 1. The van der Waals surface area contributed by atoms with Gasteiger partial charge < -0.3 is 15.6 Å². The minimum atomic E-state index is -3.45. The standard InChI is InChI=1S/C22H24ClN7O4S/c1-3-35(33,34)26-9-11-29-16(12-14-6-4-7-15(23)17(14)22(29)32)13(2)27-21(31)18-19(24)28-30-10-5-8-25-20(18)30/h4-8,10,12-13,26H,3,9,11H2,1-2H3,(H2,24,28)(H,27,31). The molecule has 0 aliphatic heterocycles. The number of hydrogen-bond donors (Lipinski definition) is 3. The van der Waals surface area contributed by atoms with Crippen LogP contribution < -0.4 is 21.3 Å². The first kappa shape index (κ1) is 24.6. The summed E-state index contributed by atoms with van der Waals surface area (Å²) in [6.45, 7) is 3.26. The van der Waals surface area contributed by atoms with Gasteiger partial charge in [0, 0.05) is 31.2 Å². The van der Waals surface area contributed by atoms with Crippen molar-refractivity contribution >= 4 is 49.8 Å². The van der Waals surface area contributed by atoms with E-state index in [9.17, 15) is 18.0 Å². The van der Waals surface area contributed by atoms with Crippen molar-refractivity contribution in [1.29, 1.82) is 0 Å². The molecule has 4 N–H and O–H groups in total. The van der Waals surface area contributed by atoms with Gasteiger partial charge in [0.15, 0.2) is 11.5 Å². The fourth-order valence-corrected chi connectivity index (χ4v) is 4.71. The summed E-state index contributed by atoms with van der Waals surface area (Å²) in [7, 11) is -3.45. The van der Waals surface area contributed by atoms with Gasteiger partial charge in [-0.3, -0.25) is 9.59 Å². The van der Waals surface area contributed by atoms with Crippen LogP contribution in [0.4, 0.5) is 5.82 Å². The highest BCUT2D eigenvalue weighted by Crippen LogP contribution is 2.24. The van der Waals surface area contributed by atoms with Crippen molar-refractivity contribution in [2.45, 2.75) is 26.4 Å². The second-order valence-electron chi connectivity index (χ2n) is 7.87. The van der Waals surface area contributed by atoms with E-state index in [2.05, 4.69) is 20.1 Å². The summed E-state index contributed by atoms with van der Waals surface area (Å²) in [5, 5.41) is 8.15. The first-order valence-electron chi connectivity index (χ1n) is 10.8.